The van der Waals surface area contributed by atoms with Crippen LogP contribution >= 0.6 is 11.6 Å². The van der Waals surface area contributed by atoms with Crippen LogP contribution in [0.15, 0.2) is 24.3 Å². The Hall–Kier alpha value is -1.59. The Morgan fingerprint density at radius 1 is 1.22 bits per heavy atom. The van der Waals surface area contributed by atoms with Gasteiger partial charge in [-0.2, -0.15) is 0 Å². The molecular formula is C21H26ClNO4. The normalized spacial score (nSPS) is 34.9. The molecule has 5 rings (SSSR count). The summed E-state index contributed by atoms with van der Waals surface area (Å²) in [6.07, 6.45) is 3.89. The van der Waals surface area contributed by atoms with E-state index in [-0.39, 0.29) is 11.9 Å². The fraction of sp³-hybridized carbons (Fsp3) is 0.619. The molecule has 2 N–H and O–H groups in total. The van der Waals surface area contributed by atoms with E-state index >= 15 is 0 Å². The van der Waals surface area contributed by atoms with Crippen molar-refractivity contribution < 1.29 is 19.4 Å². The summed E-state index contributed by atoms with van der Waals surface area (Å²) in [7, 11) is 0. The lowest BCUT2D eigenvalue weighted by atomic mass is 9.48. The monoisotopic (exact) mass is 391 g/mol. The number of benzene rings is 1. The highest BCUT2D eigenvalue weighted by molar-refractivity contribution is 6.30. The maximum Gasteiger partial charge on any atom is 0.312 e. The molecule has 4 fully saturated rings. The zero-order chi connectivity index (χ0) is 19.2. The van der Waals surface area contributed by atoms with Crippen LogP contribution in [0.25, 0.3) is 0 Å². The molecule has 0 spiro atoms. The van der Waals surface area contributed by atoms with Crippen molar-refractivity contribution in [1.29, 1.82) is 0 Å². The Kier molecular flexibility index (Phi) is 4.71. The van der Waals surface area contributed by atoms with E-state index in [0.717, 1.165) is 37.7 Å². The molecule has 0 aliphatic heterocycles. The molecule has 1 amide bonds. The van der Waals surface area contributed by atoms with Gasteiger partial charge < -0.3 is 15.2 Å². The summed E-state index contributed by atoms with van der Waals surface area (Å²) in [6.45, 7) is 1.96. The van der Waals surface area contributed by atoms with Crippen LogP contribution < -0.4 is 5.32 Å². The fourth-order valence-corrected chi connectivity index (χ4v) is 5.85. The Balaban J connectivity index is 1.35. The minimum atomic E-state index is -0.854. The van der Waals surface area contributed by atoms with Gasteiger partial charge in [0.05, 0.1) is 11.0 Å². The van der Waals surface area contributed by atoms with Crippen LogP contribution in [-0.2, 0) is 20.9 Å². The van der Waals surface area contributed by atoms with Gasteiger partial charge in [-0.05, 0) is 75.0 Å². The van der Waals surface area contributed by atoms with Gasteiger partial charge in [0.1, 0.15) is 0 Å². The van der Waals surface area contributed by atoms with E-state index in [1.54, 1.807) is 19.1 Å². The van der Waals surface area contributed by atoms with Gasteiger partial charge in [-0.25, -0.2) is 0 Å². The maximum atomic E-state index is 12.9. The van der Waals surface area contributed by atoms with E-state index < -0.39 is 17.1 Å². The SMILES string of the molecule is C[C@H](OC(=O)C12C[C@H]3C[C@@H](CC(O)(C3)C1)C2)C(=O)NCc1ccc(Cl)cc1. The summed E-state index contributed by atoms with van der Waals surface area (Å²) in [5.74, 6) is 0.168. The number of carbonyl (C=O) groups is 2. The predicted molar refractivity (Wildman–Crippen MR) is 101 cm³/mol. The van der Waals surface area contributed by atoms with Crippen molar-refractivity contribution in [3.05, 3.63) is 34.9 Å². The molecule has 0 saturated heterocycles. The van der Waals surface area contributed by atoms with E-state index in [1.807, 2.05) is 12.1 Å². The van der Waals surface area contributed by atoms with E-state index in [4.69, 9.17) is 16.3 Å². The van der Waals surface area contributed by atoms with Gasteiger partial charge >= 0.3 is 5.97 Å². The van der Waals surface area contributed by atoms with Gasteiger partial charge in [0.25, 0.3) is 5.91 Å². The number of esters is 1. The van der Waals surface area contributed by atoms with Gasteiger partial charge in [0.15, 0.2) is 6.10 Å². The van der Waals surface area contributed by atoms with Crippen LogP contribution in [-0.4, -0.2) is 28.7 Å². The van der Waals surface area contributed by atoms with Gasteiger partial charge in [-0.15, -0.1) is 0 Å². The second-order valence-electron chi connectivity index (χ2n) is 8.86. The molecule has 27 heavy (non-hydrogen) atoms. The lowest BCUT2D eigenvalue weighted by molar-refractivity contribution is -0.200. The van der Waals surface area contributed by atoms with Crippen LogP contribution in [0.2, 0.25) is 5.02 Å². The molecule has 1 aromatic carbocycles. The fourth-order valence-electron chi connectivity index (χ4n) is 5.73. The number of hydrogen-bond donors (Lipinski definition) is 2. The summed E-state index contributed by atoms with van der Waals surface area (Å²) >= 11 is 5.86. The van der Waals surface area contributed by atoms with Crippen LogP contribution in [0.4, 0.5) is 0 Å². The first-order chi connectivity index (χ1) is 12.8. The van der Waals surface area contributed by atoms with Gasteiger partial charge in [0, 0.05) is 11.6 Å². The van der Waals surface area contributed by atoms with Crippen LogP contribution in [0.3, 0.4) is 0 Å². The minimum Gasteiger partial charge on any atom is -0.452 e. The highest BCUT2D eigenvalue weighted by Gasteiger charge is 2.61. The smallest absolute Gasteiger partial charge is 0.312 e. The molecule has 4 aliphatic rings. The third kappa shape index (κ3) is 3.72. The molecule has 6 heteroatoms. The lowest BCUT2D eigenvalue weighted by Gasteiger charge is -2.58. The Labute approximate surface area is 164 Å². The van der Waals surface area contributed by atoms with Crippen LogP contribution in [0.5, 0.6) is 0 Å². The van der Waals surface area contributed by atoms with Crippen molar-refractivity contribution >= 4 is 23.5 Å². The number of amides is 1. The molecular weight excluding hydrogens is 366 g/mol. The zero-order valence-corrected chi connectivity index (χ0v) is 16.3. The standard InChI is InChI=1S/C21H26ClNO4/c1-13(18(24)23-11-14-2-4-17(22)5-3-14)27-19(25)20-7-15-6-16(8-20)10-21(26,9-15)12-20/h2-5,13,15-16,26H,6-12H2,1H3,(H,23,24)/t13-,15+,16+,20?,21?/m0/s1. The molecule has 1 aromatic rings. The third-order valence-electron chi connectivity index (χ3n) is 6.50. The highest BCUT2D eigenvalue weighted by Crippen LogP contribution is 2.62. The number of aliphatic hydroxyl groups is 1. The van der Waals surface area contributed by atoms with E-state index in [0.29, 0.717) is 29.8 Å². The molecule has 146 valence electrons. The molecule has 0 unspecified atom stereocenters. The summed E-state index contributed by atoms with van der Waals surface area (Å²) < 4.78 is 5.57. The minimum absolute atomic E-state index is 0.316. The second kappa shape index (κ2) is 6.78. The number of hydrogen-bond acceptors (Lipinski definition) is 4. The third-order valence-corrected chi connectivity index (χ3v) is 6.75. The predicted octanol–water partition coefficient (Wildman–Crippen LogP) is 3.22. The summed E-state index contributed by atoms with van der Waals surface area (Å²) in [5, 5.41) is 14.2. The van der Waals surface area contributed by atoms with Gasteiger partial charge in [-0.1, -0.05) is 23.7 Å². The van der Waals surface area contributed by atoms with Crippen molar-refractivity contribution in [3.8, 4) is 0 Å². The summed E-state index contributed by atoms with van der Waals surface area (Å²) in [4.78, 5) is 25.3. The van der Waals surface area contributed by atoms with Crippen molar-refractivity contribution in [2.75, 3.05) is 0 Å². The topological polar surface area (TPSA) is 75.6 Å². The van der Waals surface area contributed by atoms with Crippen molar-refractivity contribution in [3.63, 3.8) is 0 Å². The largest absolute Gasteiger partial charge is 0.452 e. The van der Waals surface area contributed by atoms with E-state index in [9.17, 15) is 14.7 Å². The number of nitrogens with one attached hydrogen (secondary N) is 1. The number of halogens is 1. The molecule has 4 saturated carbocycles. The van der Waals surface area contributed by atoms with Crippen molar-refractivity contribution in [2.24, 2.45) is 17.3 Å². The number of carbonyl (C=O) groups excluding carboxylic acids is 2. The number of rotatable bonds is 5. The molecule has 0 radical (unpaired) electrons. The van der Waals surface area contributed by atoms with Gasteiger partial charge in [0.2, 0.25) is 0 Å². The highest BCUT2D eigenvalue weighted by atomic mass is 35.5. The zero-order valence-electron chi connectivity index (χ0n) is 15.5. The summed E-state index contributed by atoms with van der Waals surface area (Å²) in [5.41, 5.74) is -0.401. The number of ether oxygens (including phenoxy) is 1. The molecule has 3 atom stereocenters. The average Bonchev–Trinajstić information content (AvgIpc) is 2.58. The molecule has 4 bridgehead atoms. The van der Waals surface area contributed by atoms with Crippen molar-refractivity contribution in [2.45, 2.75) is 63.7 Å². The molecule has 0 heterocycles. The second-order valence-corrected chi connectivity index (χ2v) is 9.29. The first-order valence-electron chi connectivity index (χ1n) is 9.73. The van der Waals surface area contributed by atoms with Crippen LogP contribution in [0.1, 0.15) is 51.0 Å². The van der Waals surface area contributed by atoms with Crippen molar-refractivity contribution in [1.82, 2.24) is 5.32 Å². The molecule has 4 aliphatic carbocycles. The Morgan fingerprint density at radius 3 is 2.44 bits per heavy atom. The molecule has 5 nitrogen and oxygen atoms in total. The Bertz CT molecular complexity index is 733. The van der Waals surface area contributed by atoms with E-state index in [2.05, 4.69) is 5.32 Å². The first kappa shape index (κ1) is 18.8. The van der Waals surface area contributed by atoms with Gasteiger partial charge in [-0.3, -0.25) is 9.59 Å². The average molecular weight is 392 g/mol. The maximum absolute atomic E-state index is 12.9. The molecule has 0 aromatic heterocycles. The Morgan fingerprint density at radius 2 is 1.85 bits per heavy atom. The first-order valence-corrected chi connectivity index (χ1v) is 10.1. The lowest BCUT2D eigenvalue weighted by Crippen LogP contribution is -2.59. The van der Waals surface area contributed by atoms with Crippen LogP contribution in [0, 0.1) is 17.3 Å². The quantitative estimate of drug-likeness (QED) is 0.755. The van der Waals surface area contributed by atoms with E-state index in [1.165, 1.54) is 0 Å². The summed E-state index contributed by atoms with van der Waals surface area (Å²) in [6, 6.07) is 7.22.